The Morgan fingerprint density at radius 1 is 1.05 bits per heavy atom. The van der Waals surface area contributed by atoms with Crippen LogP contribution in [-0.4, -0.2) is 24.3 Å². The highest BCUT2D eigenvalue weighted by Crippen LogP contribution is 2.29. The number of carbonyl (C=O) groups excluding carboxylic acids is 1. The largest absolute Gasteiger partial charge is 0.312 e. The van der Waals surface area contributed by atoms with Crippen molar-refractivity contribution in [2.24, 2.45) is 10.7 Å². The molecule has 1 aliphatic heterocycles. The Balaban J connectivity index is 2.30. The smallest absolute Gasteiger partial charge is 0.268 e. The lowest BCUT2D eigenvalue weighted by atomic mass is 10.0. The Morgan fingerprint density at radius 3 is 2.38 bits per heavy atom. The fraction of sp³-hybridized carbons (Fsp3) is 0.176. The summed E-state index contributed by atoms with van der Waals surface area (Å²) in [6.07, 6.45) is 0. The lowest BCUT2D eigenvalue weighted by molar-refractivity contribution is -0.122. The molecule has 0 aromatic heterocycles. The van der Waals surface area contributed by atoms with Gasteiger partial charge in [0.2, 0.25) is 0 Å². The Morgan fingerprint density at radius 2 is 1.67 bits per heavy atom. The summed E-state index contributed by atoms with van der Waals surface area (Å²) in [5.74, 6) is -0.221. The molecule has 21 heavy (non-hydrogen) atoms. The van der Waals surface area contributed by atoms with Crippen LogP contribution < -0.4 is 10.6 Å². The van der Waals surface area contributed by atoms with Crippen LogP contribution in [0.15, 0.2) is 59.6 Å². The quantitative estimate of drug-likeness (QED) is 0.869. The summed E-state index contributed by atoms with van der Waals surface area (Å²) in [4.78, 5) is 18.6. The number of hydrogen-bond acceptors (Lipinski definition) is 3. The third-order valence-electron chi connectivity index (χ3n) is 3.65. The fourth-order valence-electron chi connectivity index (χ4n) is 2.57. The molecule has 2 N–H and O–H groups in total. The van der Waals surface area contributed by atoms with Gasteiger partial charge >= 0.3 is 0 Å². The van der Waals surface area contributed by atoms with Crippen molar-refractivity contribution in [2.45, 2.75) is 12.6 Å². The van der Waals surface area contributed by atoms with Crippen LogP contribution in [0.5, 0.6) is 0 Å². The van der Waals surface area contributed by atoms with Crippen LogP contribution in [-0.2, 0) is 4.79 Å². The van der Waals surface area contributed by atoms with E-state index in [1.54, 1.807) is 18.9 Å². The van der Waals surface area contributed by atoms with Crippen LogP contribution in [0.1, 0.15) is 18.1 Å². The first-order chi connectivity index (χ1) is 10.0. The van der Waals surface area contributed by atoms with Crippen molar-refractivity contribution in [2.75, 3.05) is 11.9 Å². The maximum absolute atomic E-state index is 12.5. The second kappa shape index (κ2) is 4.82. The van der Waals surface area contributed by atoms with Gasteiger partial charge in [-0.3, -0.25) is 15.5 Å². The van der Waals surface area contributed by atoms with E-state index in [0.29, 0.717) is 0 Å². The maximum Gasteiger partial charge on any atom is 0.268 e. The molecule has 1 amide bonds. The van der Waals surface area contributed by atoms with Gasteiger partial charge in [-0.25, -0.2) is 0 Å². The number of para-hydroxylation sites is 1. The van der Waals surface area contributed by atoms with Crippen LogP contribution in [0.4, 0.5) is 5.69 Å². The van der Waals surface area contributed by atoms with Gasteiger partial charge in [0.1, 0.15) is 0 Å². The van der Waals surface area contributed by atoms with E-state index in [0.717, 1.165) is 22.5 Å². The first-order valence-corrected chi connectivity index (χ1v) is 6.82. The van der Waals surface area contributed by atoms with E-state index < -0.39 is 5.66 Å². The molecule has 0 unspecified atom stereocenters. The number of benzodiazepines with no additional fused rings is 1. The molecule has 4 nitrogen and oxygen atoms in total. The first-order valence-electron chi connectivity index (χ1n) is 6.82. The molecule has 2 aromatic rings. The van der Waals surface area contributed by atoms with Gasteiger partial charge in [0, 0.05) is 18.2 Å². The Bertz CT molecular complexity index is 720. The van der Waals surface area contributed by atoms with Crippen molar-refractivity contribution in [3.63, 3.8) is 0 Å². The standard InChI is InChI=1S/C17H17N3O/c1-17(18)16(21)20(2)14-11-7-6-10-13(14)15(19-17)12-8-4-3-5-9-12/h3-11H,18H2,1-2H3/t17-/m0/s1. The van der Waals surface area contributed by atoms with Gasteiger partial charge in [0.25, 0.3) is 5.91 Å². The molecule has 0 spiro atoms. The van der Waals surface area contributed by atoms with Crippen LogP contribution in [0.25, 0.3) is 0 Å². The van der Waals surface area contributed by atoms with Crippen molar-refractivity contribution < 1.29 is 4.79 Å². The number of fused-ring (bicyclic) bond motifs is 1. The number of benzene rings is 2. The van der Waals surface area contributed by atoms with Gasteiger partial charge in [-0.2, -0.15) is 0 Å². The number of nitrogens with two attached hydrogens (primary N) is 1. The summed E-state index contributed by atoms with van der Waals surface area (Å²) in [5.41, 5.74) is 8.28. The van der Waals surface area contributed by atoms with E-state index in [-0.39, 0.29) is 5.91 Å². The lowest BCUT2D eigenvalue weighted by Crippen LogP contribution is -2.50. The normalized spacial score (nSPS) is 21.6. The number of amides is 1. The molecule has 1 heterocycles. The predicted molar refractivity (Wildman–Crippen MR) is 84.5 cm³/mol. The number of aliphatic imine (C=N–C) groups is 1. The molecule has 0 radical (unpaired) electrons. The molecule has 0 bridgehead atoms. The van der Waals surface area contributed by atoms with Gasteiger partial charge in [-0.1, -0.05) is 48.5 Å². The van der Waals surface area contributed by atoms with Gasteiger partial charge in [0.15, 0.2) is 5.66 Å². The molecule has 1 atom stereocenters. The summed E-state index contributed by atoms with van der Waals surface area (Å²) in [6, 6.07) is 17.5. The topological polar surface area (TPSA) is 58.7 Å². The number of anilines is 1. The molecule has 3 rings (SSSR count). The minimum atomic E-state index is -1.28. The number of rotatable bonds is 1. The summed E-state index contributed by atoms with van der Waals surface area (Å²) in [6.45, 7) is 1.64. The van der Waals surface area contributed by atoms with E-state index in [4.69, 9.17) is 5.73 Å². The molecule has 1 aliphatic rings. The summed E-state index contributed by atoms with van der Waals surface area (Å²) >= 11 is 0. The Kier molecular flexibility index (Phi) is 3.11. The average molecular weight is 279 g/mol. The van der Waals surface area contributed by atoms with Gasteiger partial charge in [-0.05, 0) is 13.0 Å². The molecular weight excluding hydrogens is 262 g/mol. The maximum atomic E-state index is 12.5. The molecular formula is C17H17N3O. The van der Waals surface area contributed by atoms with Gasteiger partial charge < -0.3 is 4.90 Å². The van der Waals surface area contributed by atoms with Crippen molar-refractivity contribution in [1.29, 1.82) is 0 Å². The summed E-state index contributed by atoms with van der Waals surface area (Å²) < 4.78 is 0. The van der Waals surface area contributed by atoms with Crippen molar-refractivity contribution in [3.8, 4) is 0 Å². The van der Waals surface area contributed by atoms with E-state index in [9.17, 15) is 4.79 Å². The first kappa shape index (κ1) is 13.5. The second-order valence-corrected chi connectivity index (χ2v) is 5.36. The van der Waals surface area contributed by atoms with Crippen molar-refractivity contribution in [1.82, 2.24) is 0 Å². The second-order valence-electron chi connectivity index (χ2n) is 5.36. The highest BCUT2D eigenvalue weighted by molar-refractivity contribution is 6.20. The minimum absolute atomic E-state index is 0.221. The van der Waals surface area contributed by atoms with Crippen molar-refractivity contribution >= 4 is 17.3 Å². The third kappa shape index (κ3) is 2.23. The molecule has 0 saturated heterocycles. The summed E-state index contributed by atoms with van der Waals surface area (Å²) in [5, 5.41) is 0. The zero-order valence-electron chi connectivity index (χ0n) is 12.1. The van der Waals surface area contributed by atoms with Crippen LogP contribution >= 0.6 is 0 Å². The molecule has 0 saturated carbocycles. The monoisotopic (exact) mass is 279 g/mol. The Hall–Kier alpha value is -2.46. The highest BCUT2D eigenvalue weighted by atomic mass is 16.2. The fourth-order valence-corrected chi connectivity index (χ4v) is 2.57. The lowest BCUT2D eigenvalue weighted by Gasteiger charge is -2.23. The van der Waals surface area contributed by atoms with Crippen LogP contribution in [0, 0.1) is 0 Å². The minimum Gasteiger partial charge on any atom is -0.312 e. The SMILES string of the molecule is CN1C(=O)[C@@](C)(N)N=C(c2ccccc2)c2ccccc21. The van der Waals surface area contributed by atoms with Crippen molar-refractivity contribution in [3.05, 3.63) is 65.7 Å². The molecule has 0 aliphatic carbocycles. The number of nitrogens with zero attached hydrogens (tertiary/aromatic N) is 2. The Labute approximate surface area is 123 Å². The molecule has 106 valence electrons. The molecule has 4 heteroatoms. The van der Waals surface area contributed by atoms with Crippen LogP contribution in [0.2, 0.25) is 0 Å². The van der Waals surface area contributed by atoms with E-state index >= 15 is 0 Å². The molecule has 0 fully saturated rings. The molecule has 2 aromatic carbocycles. The van der Waals surface area contributed by atoms with E-state index in [1.165, 1.54) is 0 Å². The predicted octanol–water partition coefficient (Wildman–Crippen LogP) is 2.18. The van der Waals surface area contributed by atoms with E-state index in [1.807, 2.05) is 54.6 Å². The average Bonchev–Trinajstić information content (AvgIpc) is 2.58. The summed E-state index contributed by atoms with van der Waals surface area (Å²) in [7, 11) is 1.73. The van der Waals surface area contributed by atoms with E-state index in [2.05, 4.69) is 4.99 Å². The van der Waals surface area contributed by atoms with Gasteiger partial charge in [-0.15, -0.1) is 0 Å². The highest BCUT2D eigenvalue weighted by Gasteiger charge is 2.36. The number of hydrogen-bond donors (Lipinski definition) is 1. The van der Waals surface area contributed by atoms with Gasteiger partial charge in [0.05, 0.1) is 11.4 Å². The zero-order chi connectivity index (χ0) is 15.0. The third-order valence-corrected chi connectivity index (χ3v) is 3.65. The van der Waals surface area contributed by atoms with Crippen LogP contribution in [0.3, 0.4) is 0 Å². The number of likely N-dealkylation sites (N-methyl/N-ethyl adjacent to an activating group) is 1. The zero-order valence-corrected chi connectivity index (χ0v) is 12.1. The number of carbonyl (C=O) groups is 1.